The van der Waals surface area contributed by atoms with Gasteiger partial charge in [0.05, 0.1) is 0 Å². The van der Waals surface area contributed by atoms with Crippen molar-refractivity contribution in [2.45, 2.75) is 193 Å². The minimum Gasteiger partial charge on any atom is -0.382 e. The molecule has 2 unspecified atom stereocenters. The molecule has 0 aromatic heterocycles. The molecule has 40 heavy (non-hydrogen) atoms. The van der Waals surface area contributed by atoms with Crippen LogP contribution in [-0.2, 0) is 9.59 Å². The number of unbranched alkanes of at least 4 members (excludes halogenated alkanes) is 24. The second-order valence-electron chi connectivity index (χ2n) is 11.9. The Balaban J connectivity index is 3.72. The van der Waals surface area contributed by atoms with Crippen LogP contribution in [0.15, 0.2) is 24.3 Å². The van der Waals surface area contributed by atoms with E-state index in [1.165, 1.54) is 141 Å². The van der Waals surface area contributed by atoms with E-state index in [2.05, 4.69) is 13.8 Å². The zero-order valence-electron chi connectivity index (χ0n) is 26.6. The summed E-state index contributed by atoms with van der Waals surface area (Å²) in [7, 11) is 0. The highest BCUT2D eigenvalue weighted by Gasteiger charge is 2.26. The van der Waals surface area contributed by atoms with Gasteiger partial charge >= 0.3 is 0 Å². The van der Waals surface area contributed by atoms with E-state index in [0.29, 0.717) is 0 Å². The average Bonchev–Trinajstić information content (AvgIpc) is 2.96. The summed E-state index contributed by atoms with van der Waals surface area (Å²) in [6.07, 6.45) is 35.3. The first-order chi connectivity index (χ1) is 19.5. The lowest BCUT2D eigenvalue weighted by atomic mass is 10.0. The highest BCUT2D eigenvalue weighted by Crippen LogP contribution is 2.14. The van der Waals surface area contributed by atoms with Crippen molar-refractivity contribution in [2.24, 2.45) is 0 Å². The van der Waals surface area contributed by atoms with Gasteiger partial charge in [0.25, 0.3) is 0 Å². The number of hydrogen-bond acceptors (Lipinski definition) is 4. The average molecular weight is 563 g/mol. The molecule has 0 bridgehead atoms. The molecule has 0 aliphatic carbocycles. The van der Waals surface area contributed by atoms with E-state index in [9.17, 15) is 19.8 Å². The molecule has 2 atom stereocenters. The Hall–Kier alpha value is -1.26. The monoisotopic (exact) mass is 562 g/mol. The third-order valence-electron chi connectivity index (χ3n) is 7.90. The normalized spacial score (nSPS) is 13.4. The maximum atomic E-state index is 12.1. The summed E-state index contributed by atoms with van der Waals surface area (Å²) in [5.41, 5.74) is 0. The van der Waals surface area contributed by atoms with Crippen molar-refractivity contribution in [1.82, 2.24) is 0 Å². The largest absolute Gasteiger partial charge is 0.382 e. The second kappa shape index (κ2) is 30.7. The first kappa shape index (κ1) is 38.7. The molecule has 0 aromatic rings. The van der Waals surface area contributed by atoms with Gasteiger partial charge in [-0.3, -0.25) is 9.59 Å². The summed E-state index contributed by atoms with van der Waals surface area (Å²) in [6, 6.07) is 0. The van der Waals surface area contributed by atoms with E-state index < -0.39 is 23.8 Å². The Bertz CT molecular complexity index is 570. The van der Waals surface area contributed by atoms with E-state index in [0.717, 1.165) is 38.5 Å². The zero-order chi connectivity index (χ0) is 29.5. The Kier molecular flexibility index (Phi) is 29.7. The smallest absolute Gasteiger partial charge is 0.186 e. The standard InChI is InChI=1S/C36H66O4/c1-3-5-7-9-11-13-15-17-19-21-23-25-27-29-31-33(37)35(39)36(40)34(38)32-30-28-26-24-22-20-18-16-14-12-10-8-6-4-2/h29-32,35-36,39-40H,3-28H2,1-2H3. The molecule has 0 fully saturated rings. The molecule has 0 saturated heterocycles. The van der Waals surface area contributed by atoms with Crippen LogP contribution in [-0.4, -0.2) is 34.0 Å². The minimum absolute atomic E-state index is 0.603. The van der Waals surface area contributed by atoms with Crippen molar-refractivity contribution in [3.05, 3.63) is 24.3 Å². The quantitative estimate of drug-likeness (QED) is 0.0651. The molecule has 0 aromatic carbocycles. The summed E-state index contributed by atoms with van der Waals surface area (Å²) in [6.45, 7) is 4.51. The molecule has 0 aliphatic rings. The van der Waals surface area contributed by atoms with Crippen LogP contribution >= 0.6 is 0 Å². The molecular weight excluding hydrogens is 496 g/mol. The lowest BCUT2D eigenvalue weighted by Gasteiger charge is -2.12. The fourth-order valence-electron chi connectivity index (χ4n) is 5.11. The topological polar surface area (TPSA) is 74.6 Å². The van der Waals surface area contributed by atoms with Crippen LogP contribution in [0.5, 0.6) is 0 Å². The molecular formula is C36H66O4. The number of carbonyl (C=O) groups excluding carboxylic acids is 2. The van der Waals surface area contributed by atoms with Gasteiger partial charge in [-0.1, -0.05) is 167 Å². The molecule has 0 saturated carbocycles. The van der Waals surface area contributed by atoms with Crippen molar-refractivity contribution >= 4 is 11.6 Å². The summed E-state index contributed by atoms with van der Waals surface area (Å²) in [5.74, 6) is -1.21. The minimum atomic E-state index is -1.69. The third-order valence-corrected chi connectivity index (χ3v) is 7.90. The molecule has 0 amide bonds. The molecule has 0 radical (unpaired) electrons. The molecule has 4 heteroatoms. The first-order valence-electron chi connectivity index (χ1n) is 17.3. The summed E-state index contributed by atoms with van der Waals surface area (Å²) in [4.78, 5) is 24.3. The number of aliphatic hydroxyl groups is 2. The van der Waals surface area contributed by atoms with Crippen LogP contribution in [0.1, 0.15) is 181 Å². The van der Waals surface area contributed by atoms with Crippen molar-refractivity contribution in [3.8, 4) is 0 Å². The number of carbonyl (C=O) groups is 2. The summed E-state index contributed by atoms with van der Waals surface area (Å²) < 4.78 is 0. The lowest BCUT2D eigenvalue weighted by Crippen LogP contribution is -2.38. The van der Waals surface area contributed by atoms with Gasteiger partial charge in [-0.05, 0) is 37.8 Å². The van der Waals surface area contributed by atoms with Gasteiger partial charge in [0.1, 0.15) is 12.2 Å². The molecule has 2 N–H and O–H groups in total. The second-order valence-corrected chi connectivity index (χ2v) is 11.9. The van der Waals surface area contributed by atoms with Crippen molar-refractivity contribution in [1.29, 1.82) is 0 Å². The summed E-state index contributed by atoms with van der Waals surface area (Å²) in [5, 5.41) is 20.1. The van der Waals surface area contributed by atoms with Gasteiger partial charge in [-0.2, -0.15) is 0 Å². The van der Waals surface area contributed by atoms with Crippen LogP contribution in [0.4, 0.5) is 0 Å². The van der Waals surface area contributed by atoms with Crippen molar-refractivity contribution < 1.29 is 19.8 Å². The molecule has 0 spiro atoms. The Morgan fingerprint density at radius 1 is 0.425 bits per heavy atom. The van der Waals surface area contributed by atoms with E-state index >= 15 is 0 Å². The van der Waals surface area contributed by atoms with Crippen LogP contribution in [0.3, 0.4) is 0 Å². The highest BCUT2D eigenvalue weighted by molar-refractivity contribution is 6.02. The molecule has 234 valence electrons. The third kappa shape index (κ3) is 25.7. The maximum absolute atomic E-state index is 12.1. The van der Waals surface area contributed by atoms with E-state index in [1.54, 1.807) is 12.2 Å². The first-order valence-corrected chi connectivity index (χ1v) is 17.3. The molecule has 0 aliphatic heterocycles. The van der Waals surface area contributed by atoms with E-state index in [1.807, 2.05) is 0 Å². The van der Waals surface area contributed by atoms with Crippen LogP contribution in [0.25, 0.3) is 0 Å². The van der Waals surface area contributed by atoms with Gasteiger partial charge in [0.15, 0.2) is 11.6 Å². The number of aliphatic hydroxyl groups excluding tert-OH is 2. The van der Waals surface area contributed by atoms with Gasteiger partial charge in [-0.15, -0.1) is 0 Å². The lowest BCUT2D eigenvalue weighted by molar-refractivity contribution is -0.137. The molecule has 0 rings (SSSR count). The van der Waals surface area contributed by atoms with Gasteiger partial charge in [0, 0.05) is 0 Å². The fourth-order valence-corrected chi connectivity index (χ4v) is 5.11. The zero-order valence-corrected chi connectivity index (χ0v) is 26.6. The fraction of sp³-hybridized carbons (Fsp3) is 0.833. The van der Waals surface area contributed by atoms with Crippen LogP contribution in [0, 0.1) is 0 Å². The number of rotatable bonds is 31. The molecule has 0 heterocycles. The van der Waals surface area contributed by atoms with Gasteiger partial charge in [0.2, 0.25) is 0 Å². The van der Waals surface area contributed by atoms with Gasteiger partial charge in [-0.25, -0.2) is 0 Å². The predicted molar refractivity (Wildman–Crippen MR) is 172 cm³/mol. The number of hydrogen-bond donors (Lipinski definition) is 2. The van der Waals surface area contributed by atoms with Crippen LogP contribution < -0.4 is 0 Å². The SMILES string of the molecule is CCCCCCCCCCCCCCC=CC(=O)C(O)C(O)C(=O)C=CCCCCCCCCCCCCCC. The van der Waals surface area contributed by atoms with Crippen LogP contribution in [0.2, 0.25) is 0 Å². The number of allylic oxidation sites excluding steroid dienone is 2. The van der Waals surface area contributed by atoms with E-state index in [4.69, 9.17) is 0 Å². The molecule has 4 nitrogen and oxygen atoms in total. The summed E-state index contributed by atoms with van der Waals surface area (Å²) >= 11 is 0. The van der Waals surface area contributed by atoms with Gasteiger partial charge < -0.3 is 10.2 Å². The van der Waals surface area contributed by atoms with E-state index in [-0.39, 0.29) is 0 Å². The van der Waals surface area contributed by atoms with Crippen molar-refractivity contribution in [3.63, 3.8) is 0 Å². The Morgan fingerprint density at radius 3 is 0.900 bits per heavy atom. The predicted octanol–water partition coefficient (Wildman–Crippen LogP) is 10.1. The highest BCUT2D eigenvalue weighted by atomic mass is 16.3. The Labute approximate surface area is 248 Å². The number of ketones is 2. The van der Waals surface area contributed by atoms with Crippen molar-refractivity contribution in [2.75, 3.05) is 0 Å². The maximum Gasteiger partial charge on any atom is 0.186 e. The Morgan fingerprint density at radius 2 is 0.650 bits per heavy atom.